The lowest BCUT2D eigenvalue weighted by atomic mass is 10.1. The summed E-state index contributed by atoms with van der Waals surface area (Å²) >= 11 is 0. The smallest absolute Gasteiger partial charge is 0.223 e. The maximum Gasteiger partial charge on any atom is 0.223 e. The first-order chi connectivity index (χ1) is 15.4. The normalized spacial score (nSPS) is 13.7. The largest absolute Gasteiger partial charge is 0.493 e. The third-order valence-electron chi connectivity index (χ3n) is 5.68. The number of carbonyl (C=O) groups excluding carboxylic acids is 2. The highest BCUT2D eigenvalue weighted by molar-refractivity contribution is 5.94. The van der Waals surface area contributed by atoms with Crippen LogP contribution < -0.4 is 19.1 Å². The highest BCUT2D eigenvalue weighted by atomic mass is 19.1. The van der Waals surface area contributed by atoms with Crippen molar-refractivity contribution in [3.8, 4) is 17.2 Å². The van der Waals surface area contributed by atoms with Gasteiger partial charge < -0.3 is 24.0 Å². The van der Waals surface area contributed by atoms with Crippen LogP contribution in [0.4, 0.5) is 10.1 Å². The number of methoxy groups -OCH3 is 3. The van der Waals surface area contributed by atoms with Crippen LogP contribution in [0.2, 0.25) is 0 Å². The van der Waals surface area contributed by atoms with E-state index in [1.54, 1.807) is 38.4 Å². The Labute approximate surface area is 187 Å². The Bertz CT molecular complexity index is 961. The molecule has 0 bridgehead atoms. The van der Waals surface area contributed by atoms with E-state index >= 15 is 0 Å². The highest BCUT2D eigenvalue weighted by Gasteiger charge is 2.23. The molecule has 1 heterocycles. The molecule has 2 aromatic carbocycles. The number of Topliss-reactive ketones (excluding diaryl/α,β-unsaturated/α-hetero) is 1. The van der Waals surface area contributed by atoms with Crippen molar-refractivity contribution in [3.63, 3.8) is 0 Å². The Kier molecular flexibility index (Phi) is 7.56. The number of nitrogens with zero attached hydrogens (tertiary/aromatic N) is 2. The number of rotatable bonds is 8. The van der Waals surface area contributed by atoms with E-state index in [9.17, 15) is 14.0 Å². The summed E-state index contributed by atoms with van der Waals surface area (Å²) < 4.78 is 30.5. The zero-order valence-corrected chi connectivity index (χ0v) is 18.9. The molecular weight excluding hydrogens is 415 g/mol. The standard InChI is InChI=1S/C24H29FN2O5/c1-16(28)18-6-7-20(19(25)15-18)26-9-11-27(12-10-26)23(29)8-5-17-13-21(30-2)24(32-4)22(14-17)31-3/h6-7,13-15H,5,8-12H2,1-4H3. The summed E-state index contributed by atoms with van der Waals surface area (Å²) in [5.74, 6) is 1.09. The number of hydrogen-bond donors (Lipinski definition) is 0. The molecule has 8 heteroatoms. The lowest BCUT2D eigenvalue weighted by Crippen LogP contribution is -2.49. The van der Waals surface area contributed by atoms with Gasteiger partial charge in [-0.1, -0.05) is 0 Å². The predicted octanol–water partition coefficient (Wildman–Crippen LogP) is 3.34. The number of amides is 1. The van der Waals surface area contributed by atoms with Crippen LogP contribution in [0, 0.1) is 5.82 Å². The summed E-state index contributed by atoms with van der Waals surface area (Å²) in [7, 11) is 4.66. The summed E-state index contributed by atoms with van der Waals surface area (Å²) in [5.41, 5.74) is 1.73. The van der Waals surface area contributed by atoms with Gasteiger partial charge in [-0.3, -0.25) is 9.59 Å². The van der Waals surface area contributed by atoms with Crippen molar-refractivity contribution in [2.24, 2.45) is 0 Å². The number of aryl methyl sites for hydroxylation is 1. The third kappa shape index (κ3) is 5.12. The van der Waals surface area contributed by atoms with Crippen LogP contribution in [-0.4, -0.2) is 64.1 Å². The van der Waals surface area contributed by atoms with Crippen molar-refractivity contribution >= 4 is 17.4 Å². The Morgan fingerprint density at radius 2 is 1.56 bits per heavy atom. The Hall–Kier alpha value is -3.29. The molecule has 0 atom stereocenters. The van der Waals surface area contributed by atoms with Crippen molar-refractivity contribution in [2.75, 3.05) is 52.4 Å². The molecule has 0 aliphatic carbocycles. The van der Waals surface area contributed by atoms with Crippen molar-refractivity contribution in [2.45, 2.75) is 19.8 Å². The first-order valence-electron chi connectivity index (χ1n) is 10.5. The summed E-state index contributed by atoms with van der Waals surface area (Å²) in [4.78, 5) is 27.9. The fraction of sp³-hybridized carbons (Fsp3) is 0.417. The molecule has 1 amide bonds. The van der Waals surface area contributed by atoms with E-state index in [1.165, 1.54) is 13.0 Å². The highest BCUT2D eigenvalue weighted by Crippen LogP contribution is 2.38. The summed E-state index contributed by atoms with van der Waals surface area (Å²) in [6.45, 7) is 3.51. The number of carbonyl (C=O) groups is 2. The maximum atomic E-state index is 14.4. The first kappa shape index (κ1) is 23.4. The minimum atomic E-state index is -0.417. The Morgan fingerprint density at radius 3 is 2.06 bits per heavy atom. The second-order valence-corrected chi connectivity index (χ2v) is 7.62. The molecule has 0 unspecified atom stereocenters. The fourth-order valence-corrected chi connectivity index (χ4v) is 3.87. The minimum absolute atomic E-state index is 0.0470. The van der Waals surface area contributed by atoms with Crippen molar-refractivity contribution in [1.82, 2.24) is 4.90 Å². The van der Waals surface area contributed by atoms with Crippen LogP contribution in [0.5, 0.6) is 17.2 Å². The predicted molar refractivity (Wildman–Crippen MR) is 120 cm³/mol. The van der Waals surface area contributed by atoms with Gasteiger partial charge in [0.05, 0.1) is 27.0 Å². The van der Waals surface area contributed by atoms with Gasteiger partial charge in [-0.15, -0.1) is 0 Å². The number of ketones is 1. The second-order valence-electron chi connectivity index (χ2n) is 7.62. The van der Waals surface area contributed by atoms with Gasteiger partial charge in [-0.25, -0.2) is 4.39 Å². The molecule has 1 fully saturated rings. The molecule has 3 rings (SSSR count). The van der Waals surface area contributed by atoms with Crippen LogP contribution in [0.15, 0.2) is 30.3 Å². The summed E-state index contributed by atoms with van der Waals surface area (Å²) in [5, 5.41) is 0. The Balaban J connectivity index is 1.58. The van der Waals surface area contributed by atoms with Gasteiger partial charge in [-0.05, 0) is 49.2 Å². The van der Waals surface area contributed by atoms with E-state index in [-0.39, 0.29) is 11.7 Å². The van der Waals surface area contributed by atoms with E-state index in [1.807, 2.05) is 17.0 Å². The lowest BCUT2D eigenvalue weighted by Gasteiger charge is -2.36. The zero-order chi connectivity index (χ0) is 23.3. The zero-order valence-electron chi connectivity index (χ0n) is 18.9. The molecular formula is C24H29FN2O5. The molecule has 0 N–H and O–H groups in total. The number of benzene rings is 2. The molecule has 0 radical (unpaired) electrons. The molecule has 2 aromatic rings. The molecule has 1 aliphatic rings. The fourth-order valence-electron chi connectivity index (χ4n) is 3.87. The average molecular weight is 445 g/mol. The quantitative estimate of drug-likeness (QED) is 0.582. The second kappa shape index (κ2) is 10.3. The van der Waals surface area contributed by atoms with Gasteiger partial charge in [0, 0.05) is 38.2 Å². The van der Waals surface area contributed by atoms with Crippen LogP contribution in [0.25, 0.3) is 0 Å². The van der Waals surface area contributed by atoms with Crippen molar-refractivity contribution in [1.29, 1.82) is 0 Å². The number of hydrogen-bond acceptors (Lipinski definition) is 6. The molecule has 0 saturated carbocycles. The minimum Gasteiger partial charge on any atom is -0.493 e. The topological polar surface area (TPSA) is 68.3 Å². The van der Waals surface area contributed by atoms with Gasteiger partial charge >= 0.3 is 0 Å². The summed E-state index contributed by atoms with van der Waals surface area (Å²) in [6, 6.07) is 8.23. The average Bonchev–Trinajstić information content (AvgIpc) is 2.81. The SMILES string of the molecule is COc1cc(CCC(=O)N2CCN(c3ccc(C(C)=O)cc3F)CC2)cc(OC)c1OC. The van der Waals surface area contributed by atoms with E-state index in [2.05, 4.69) is 0 Å². The monoisotopic (exact) mass is 444 g/mol. The van der Waals surface area contributed by atoms with Crippen LogP contribution >= 0.6 is 0 Å². The number of halogens is 1. The molecule has 0 spiro atoms. The van der Waals surface area contributed by atoms with E-state index < -0.39 is 5.82 Å². The molecule has 0 aromatic heterocycles. The van der Waals surface area contributed by atoms with Gasteiger partial charge in [0.2, 0.25) is 11.7 Å². The first-order valence-corrected chi connectivity index (χ1v) is 10.5. The van der Waals surface area contributed by atoms with E-state index in [4.69, 9.17) is 14.2 Å². The van der Waals surface area contributed by atoms with Gasteiger partial charge in [-0.2, -0.15) is 0 Å². The van der Waals surface area contributed by atoms with Crippen molar-refractivity contribution < 1.29 is 28.2 Å². The Morgan fingerprint density at radius 1 is 0.938 bits per heavy atom. The molecule has 1 saturated heterocycles. The van der Waals surface area contributed by atoms with Crippen LogP contribution in [-0.2, 0) is 11.2 Å². The van der Waals surface area contributed by atoms with Crippen molar-refractivity contribution in [3.05, 3.63) is 47.3 Å². The number of anilines is 1. The molecule has 32 heavy (non-hydrogen) atoms. The molecule has 1 aliphatic heterocycles. The van der Waals surface area contributed by atoms with Crippen LogP contribution in [0.3, 0.4) is 0 Å². The van der Waals surface area contributed by atoms with E-state index in [0.29, 0.717) is 67.5 Å². The van der Waals surface area contributed by atoms with E-state index in [0.717, 1.165) is 5.56 Å². The van der Waals surface area contributed by atoms with Gasteiger partial charge in [0.25, 0.3) is 0 Å². The molecule has 7 nitrogen and oxygen atoms in total. The maximum absolute atomic E-state index is 14.4. The van der Waals surface area contributed by atoms with Crippen LogP contribution in [0.1, 0.15) is 29.3 Å². The summed E-state index contributed by atoms with van der Waals surface area (Å²) in [6.07, 6.45) is 0.886. The lowest BCUT2D eigenvalue weighted by molar-refractivity contribution is -0.131. The van der Waals surface area contributed by atoms with Gasteiger partial charge in [0.15, 0.2) is 17.3 Å². The van der Waals surface area contributed by atoms with Gasteiger partial charge in [0.1, 0.15) is 5.82 Å². The molecule has 172 valence electrons. The number of ether oxygens (including phenoxy) is 3. The number of piperazine rings is 1. The third-order valence-corrected chi connectivity index (χ3v) is 5.68.